The molecule has 1 heterocycles. The molecule has 1 fully saturated rings. The number of rotatable bonds is 4. The van der Waals surface area contributed by atoms with Crippen molar-refractivity contribution in [1.82, 2.24) is 4.72 Å². The summed E-state index contributed by atoms with van der Waals surface area (Å²) in [6.07, 6.45) is 0.732. The molecule has 0 unspecified atom stereocenters. The average molecular weight is 270 g/mol. The molecular formula is C12H18N2O3S. The molecule has 0 atom stereocenters. The van der Waals surface area contributed by atoms with Gasteiger partial charge in [-0.15, -0.1) is 0 Å². The molecular weight excluding hydrogens is 252 g/mol. The van der Waals surface area contributed by atoms with Crippen LogP contribution in [0.2, 0.25) is 0 Å². The minimum atomic E-state index is -3.37. The van der Waals surface area contributed by atoms with Crippen LogP contribution in [-0.2, 0) is 10.0 Å². The Morgan fingerprint density at radius 2 is 1.89 bits per heavy atom. The maximum absolute atomic E-state index is 11.6. The van der Waals surface area contributed by atoms with Crippen LogP contribution in [0.5, 0.6) is 0 Å². The zero-order valence-electron chi connectivity index (χ0n) is 10.5. The van der Waals surface area contributed by atoms with E-state index in [0.717, 1.165) is 12.1 Å². The van der Waals surface area contributed by atoms with Crippen molar-refractivity contribution in [1.29, 1.82) is 0 Å². The Balaban J connectivity index is 2.11. The lowest BCUT2D eigenvalue weighted by molar-refractivity contribution is 0.00852. The minimum Gasteiger partial charge on any atom is -0.386 e. The van der Waals surface area contributed by atoms with Crippen LogP contribution in [0.4, 0.5) is 5.69 Å². The molecule has 0 aliphatic carbocycles. The molecule has 2 rings (SSSR count). The van der Waals surface area contributed by atoms with E-state index >= 15 is 0 Å². The first-order valence-corrected chi connectivity index (χ1v) is 7.39. The second-order valence-corrected chi connectivity index (χ2v) is 6.52. The Morgan fingerprint density at radius 3 is 2.33 bits per heavy atom. The normalized spacial score (nSPS) is 18.5. The summed E-state index contributed by atoms with van der Waals surface area (Å²) >= 11 is 0. The van der Waals surface area contributed by atoms with Crippen LogP contribution in [-0.4, -0.2) is 39.3 Å². The number of aliphatic hydroxyl groups is 1. The Hall–Kier alpha value is -1.11. The fraction of sp³-hybridized carbons (Fsp3) is 0.500. The summed E-state index contributed by atoms with van der Waals surface area (Å²) in [6.45, 7) is 3.16. The zero-order chi connectivity index (χ0) is 13.4. The van der Waals surface area contributed by atoms with Gasteiger partial charge in [0, 0.05) is 18.8 Å². The third-order valence-corrected chi connectivity index (χ3v) is 4.84. The van der Waals surface area contributed by atoms with E-state index in [0.29, 0.717) is 13.1 Å². The summed E-state index contributed by atoms with van der Waals surface area (Å²) in [5.74, 6) is 0. The first-order valence-electron chi connectivity index (χ1n) is 5.91. The van der Waals surface area contributed by atoms with Gasteiger partial charge in [0.05, 0.1) is 10.5 Å². The summed E-state index contributed by atoms with van der Waals surface area (Å²) in [4.78, 5) is 2.28. The van der Waals surface area contributed by atoms with Gasteiger partial charge in [-0.2, -0.15) is 0 Å². The highest BCUT2D eigenvalue weighted by molar-refractivity contribution is 7.89. The molecule has 2 N–H and O–H groups in total. The van der Waals surface area contributed by atoms with Gasteiger partial charge in [-0.1, -0.05) is 6.92 Å². The molecule has 0 aromatic heterocycles. The summed E-state index contributed by atoms with van der Waals surface area (Å²) < 4.78 is 25.4. The quantitative estimate of drug-likeness (QED) is 0.838. The molecule has 1 aliphatic rings. The van der Waals surface area contributed by atoms with Crippen LogP contribution >= 0.6 is 0 Å². The SMILES string of the molecule is CCC1(O)CN(c2ccc(S(=O)(=O)NC)cc2)C1. The van der Waals surface area contributed by atoms with Crippen molar-refractivity contribution in [3.8, 4) is 0 Å². The molecule has 1 saturated heterocycles. The van der Waals surface area contributed by atoms with Crippen molar-refractivity contribution in [2.45, 2.75) is 23.8 Å². The van der Waals surface area contributed by atoms with Gasteiger partial charge in [-0.3, -0.25) is 0 Å². The molecule has 0 bridgehead atoms. The predicted molar refractivity (Wildman–Crippen MR) is 70.1 cm³/mol. The van der Waals surface area contributed by atoms with Gasteiger partial charge in [0.25, 0.3) is 0 Å². The average Bonchev–Trinajstić information content (AvgIpc) is 2.35. The lowest BCUT2D eigenvalue weighted by Crippen LogP contribution is -2.61. The third-order valence-electron chi connectivity index (χ3n) is 3.41. The highest BCUT2D eigenvalue weighted by Gasteiger charge is 2.39. The third kappa shape index (κ3) is 2.36. The maximum Gasteiger partial charge on any atom is 0.240 e. The molecule has 1 aromatic carbocycles. The van der Waals surface area contributed by atoms with Crippen LogP contribution in [0.25, 0.3) is 0 Å². The summed E-state index contributed by atoms with van der Waals surface area (Å²) in [6, 6.07) is 6.67. The summed E-state index contributed by atoms with van der Waals surface area (Å²) in [5, 5.41) is 9.92. The number of benzene rings is 1. The van der Waals surface area contributed by atoms with E-state index in [1.807, 2.05) is 11.8 Å². The predicted octanol–water partition coefficient (Wildman–Crippen LogP) is 0.556. The Morgan fingerprint density at radius 1 is 1.33 bits per heavy atom. The number of sulfonamides is 1. The van der Waals surface area contributed by atoms with E-state index in [9.17, 15) is 13.5 Å². The molecule has 1 aromatic rings. The first-order chi connectivity index (χ1) is 8.40. The van der Waals surface area contributed by atoms with Gasteiger partial charge in [0.15, 0.2) is 0 Å². The number of nitrogens with one attached hydrogen (secondary N) is 1. The molecule has 0 radical (unpaired) electrons. The van der Waals surface area contributed by atoms with Gasteiger partial charge in [-0.25, -0.2) is 13.1 Å². The number of nitrogens with zero attached hydrogens (tertiary/aromatic N) is 1. The smallest absolute Gasteiger partial charge is 0.240 e. The highest BCUT2D eigenvalue weighted by atomic mass is 32.2. The van der Waals surface area contributed by atoms with Gasteiger partial charge >= 0.3 is 0 Å². The van der Waals surface area contributed by atoms with Crippen molar-refractivity contribution in [3.05, 3.63) is 24.3 Å². The second kappa shape index (κ2) is 4.53. The van der Waals surface area contributed by atoms with E-state index in [1.54, 1.807) is 24.3 Å². The summed E-state index contributed by atoms with van der Waals surface area (Å²) in [7, 11) is -1.99. The van der Waals surface area contributed by atoms with E-state index in [1.165, 1.54) is 7.05 Å². The Labute approximate surface area is 107 Å². The number of anilines is 1. The first kappa shape index (κ1) is 13.3. The largest absolute Gasteiger partial charge is 0.386 e. The maximum atomic E-state index is 11.6. The van der Waals surface area contributed by atoms with Crippen LogP contribution < -0.4 is 9.62 Å². The lowest BCUT2D eigenvalue weighted by Gasteiger charge is -2.47. The van der Waals surface area contributed by atoms with Crippen molar-refractivity contribution in [3.63, 3.8) is 0 Å². The van der Waals surface area contributed by atoms with Gasteiger partial charge in [0.1, 0.15) is 0 Å². The Kier molecular flexibility index (Phi) is 3.35. The molecule has 0 amide bonds. The molecule has 100 valence electrons. The number of hydrogen-bond donors (Lipinski definition) is 2. The molecule has 0 saturated carbocycles. The fourth-order valence-corrected chi connectivity index (χ4v) is 2.75. The van der Waals surface area contributed by atoms with E-state index in [2.05, 4.69) is 4.72 Å². The monoisotopic (exact) mass is 270 g/mol. The molecule has 1 aliphatic heterocycles. The fourth-order valence-electron chi connectivity index (χ4n) is 2.02. The van der Waals surface area contributed by atoms with E-state index in [-0.39, 0.29) is 4.90 Å². The topological polar surface area (TPSA) is 69.6 Å². The van der Waals surface area contributed by atoms with E-state index < -0.39 is 15.6 Å². The number of β-amino-alcohol motifs (C(OH)–C–C–N with tert-alkyl or cyclic N) is 1. The van der Waals surface area contributed by atoms with Crippen LogP contribution in [0.1, 0.15) is 13.3 Å². The molecule has 18 heavy (non-hydrogen) atoms. The van der Waals surface area contributed by atoms with Crippen molar-refractivity contribution < 1.29 is 13.5 Å². The number of hydrogen-bond acceptors (Lipinski definition) is 4. The molecule has 5 nitrogen and oxygen atoms in total. The molecule has 6 heteroatoms. The Bertz CT molecular complexity index is 519. The van der Waals surface area contributed by atoms with E-state index in [4.69, 9.17) is 0 Å². The van der Waals surface area contributed by atoms with Crippen molar-refractivity contribution >= 4 is 15.7 Å². The summed E-state index contributed by atoms with van der Waals surface area (Å²) in [5.41, 5.74) is 0.346. The lowest BCUT2D eigenvalue weighted by atomic mass is 9.91. The van der Waals surface area contributed by atoms with Crippen LogP contribution in [0, 0.1) is 0 Å². The van der Waals surface area contributed by atoms with Crippen molar-refractivity contribution in [2.75, 3.05) is 25.0 Å². The van der Waals surface area contributed by atoms with Gasteiger partial charge < -0.3 is 10.0 Å². The van der Waals surface area contributed by atoms with Crippen molar-refractivity contribution in [2.24, 2.45) is 0 Å². The second-order valence-electron chi connectivity index (χ2n) is 4.64. The van der Waals surface area contributed by atoms with Crippen LogP contribution in [0.3, 0.4) is 0 Å². The van der Waals surface area contributed by atoms with Gasteiger partial charge in [-0.05, 0) is 37.7 Å². The zero-order valence-corrected chi connectivity index (χ0v) is 11.4. The minimum absolute atomic E-state index is 0.250. The van der Waals surface area contributed by atoms with Crippen LogP contribution in [0.15, 0.2) is 29.2 Å². The molecule has 0 spiro atoms. The standard InChI is InChI=1S/C12H18N2O3S/c1-3-12(15)8-14(9-12)10-4-6-11(7-5-10)18(16,17)13-2/h4-7,13,15H,3,8-9H2,1-2H3. The van der Waals surface area contributed by atoms with Gasteiger partial charge in [0.2, 0.25) is 10.0 Å². The highest BCUT2D eigenvalue weighted by Crippen LogP contribution is 2.30.